The molecular formula is C106H111F2O13S3-3. The Bertz CT molecular complexity index is 5770. The zero-order chi connectivity index (χ0) is 87.8. The maximum atomic E-state index is 13.7. The van der Waals surface area contributed by atoms with Crippen molar-refractivity contribution in [3.63, 3.8) is 0 Å². The van der Waals surface area contributed by atoms with Gasteiger partial charge in [-0.05, 0) is 277 Å². The number of methoxy groups -OCH3 is 4. The highest BCUT2D eigenvalue weighted by Crippen LogP contribution is 2.60. The Hall–Kier alpha value is -10.6. The number of hydrogen-bond acceptors (Lipinski definition) is 13. The van der Waals surface area contributed by atoms with Crippen LogP contribution in [0.25, 0.3) is 100 Å². The van der Waals surface area contributed by atoms with Gasteiger partial charge >= 0.3 is 0 Å². The minimum Gasteiger partial charge on any atom is -0.748 e. The first kappa shape index (κ1) is 91.1. The summed E-state index contributed by atoms with van der Waals surface area (Å²) in [7, 11) is -6.16. The summed E-state index contributed by atoms with van der Waals surface area (Å²) in [6.45, 7) is 6.59. The third kappa shape index (κ3) is 21.0. The lowest BCUT2D eigenvalue weighted by Gasteiger charge is -2.33. The van der Waals surface area contributed by atoms with E-state index in [4.69, 9.17) is 18.9 Å². The average molecular weight is 1730 g/mol. The molecule has 0 saturated carbocycles. The first-order valence-electron chi connectivity index (χ1n) is 43.6. The Morgan fingerprint density at radius 3 is 0.726 bits per heavy atom. The maximum absolute atomic E-state index is 13.7. The van der Waals surface area contributed by atoms with Gasteiger partial charge in [0.05, 0.1) is 58.8 Å². The van der Waals surface area contributed by atoms with E-state index in [2.05, 4.69) is 178 Å². The van der Waals surface area contributed by atoms with E-state index in [1.807, 2.05) is 48.5 Å². The molecule has 124 heavy (non-hydrogen) atoms. The minimum atomic E-state index is -4.30. The molecular weight excluding hydrogens is 1620 g/mol. The number of fused-ring (bicyclic) bond motifs is 9. The smallest absolute Gasteiger partial charge is 0.126 e. The molecule has 0 heterocycles. The van der Waals surface area contributed by atoms with Gasteiger partial charge in [-0.3, -0.25) is 0 Å². The van der Waals surface area contributed by atoms with E-state index in [0.29, 0.717) is 51.4 Å². The quantitative estimate of drug-likeness (QED) is 0.0262. The predicted molar refractivity (Wildman–Crippen MR) is 494 cm³/mol. The van der Waals surface area contributed by atoms with E-state index in [0.717, 1.165) is 173 Å². The molecule has 3 aliphatic carbocycles. The number of halogens is 2. The summed E-state index contributed by atoms with van der Waals surface area (Å²) in [5.74, 6) is 1.38. The van der Waals surface area contributed by atoms with Gasteiger partial charge in [-0.25, -0.2) is 34.0 Å². The number of hydrogen-bond donors (Lipinski definition) is 0. The zero-order valence-corrected chi connectivity index (χ0v) is 74.5. The molecule has 12 aromatic carbocycles. The summed E-state index contributed by atoms with van der Waals surface area (Å²) >= 11 is 0. The van der Waals surface area contributed by atoms with Gasteiger partial charge in [-0.2, -0.15) is 0 Å². The monoisotopic (exact) mass is 1730 g/mol. The molecule has 18 heteroatoms. The molecule has 12 aromatic rings. The Labute approximate surface area is 732 Å². The van der Waals surface area contributed by atoms with Crippen LogP contribution in [-0.4, -0.2) is 84.6 Å². The molecule has 13 nitrogen and oxygen atoms in total. The van der Waals surface area contributed by atoms with Crippen LogP contribution in [0.5, 0.6) is 23.0 Å². The lowest BCUT2D eigenvalue weighted by molar-refractivity contribution is 0.403. The summed E-state index contributed by atoms with van der Waals surface area (Å²) < 4.78 is 153. The van der Waals surface area contributed by atoms with Crippen molar-refractivity contribution in [3.05, 3.63) is 300 Å². The third-order valence-electron chi connectivity index (χ3n) is 25.5. The standard InChI is InChI=1S/C38H44O7S.C34H34F2O3S.C34H36O3S/c1-6-7-8-19-38(20-9-10-21-46(39,40)41)34-22-26(32-24-28(42-2)13-17-36(32)44-4)11-15-30(34)31-16-12-27(23-35(31)38)33-25-29(43-3)14-18-37(33)45-5;1-2-3-4-19-34(20-5-6-21-40(37,38)39)32-22-26(24-7-13-28(35)14-8-24)11-17-30(32)31-18-12-27(23-33(31)34)25-9-15-29(36)16-10-25;1-2-3-10-21-34(22-11-12-23-38(35,36)37)32-24-28(26-13-6-4-7-14-26)17-19-30(32)31-20-18-29(25-33(31)34)27-15-8-5-9-16-27/h11-18,22-25H,6-10,19-21H2,1-5H3,(H,39,40,41);7-18,22-23H,2-6,19-21H2,1H3,(H,37,38,39);4-9,13-20,24-25H,2-3,10-12,21-23H2,1H3,(H,35,36,37)/p-3. The highest BCUT2D eigenvalue weighted by molar-refractivity contribution is 7.86. The van der Waals surface area contributed by atoms with Gasteiger partial charge in [0.2, 0.25) is 0 Å². The molecule has 15 rings (SSSR count). The molecule has 648 valence electrons. The number of rotatable bonds is 37. The van der Waals surface area contributed by atoms with E-state index in [9.17, 15) is 47.7 Å². The van der Waals surface area contributed by atoms with E-state index in [1.165, 1.54) is 91.0 Å². The lowest BCUT2D eigenvalue weighted by atomic mass is 9.70. The number of unbranched alkanes of at least 4 members (excludes halogenated alkanes) is 9. The lowest BCUT2D eigenvalue weighted by Crippen LogP contribution is -2.26. The van der Waals surface area contributed by atoms with Crippen LogP contribution in [0.1, 0.15) is 189 Å². The van der Waals surface area contributed by atoms with Crippen molar-refractivity contribution in [2.45, 2.75) is 172 Å². The Kier molecular flexibility index (Phi) is 29.8. The maximum Gasteiger partial charge on any atom is 0.126 e. The Morgan fingerprint density at radius 1 is 0.250 bits per heavy atom. The van der Waals surface area contributed by atoms with Crippen LogP contribution in [0, 0.1) is 11.6 Å². The van der Waals surface area contributed by atoms with Crippen LogP contribution in [0.2, 0.25) is 0 Å². The van der Waals surface area contributed by atoms with Gasteiger partial charge in [0, 0.05) is 44.6 Å². The Balaban J connectivity index is 0.000000161. The van der Waals surface area contributed by atoms with Crippen LogP contribution < -0.4 is 18.9 Å². The van der Waals surface area contributed by atoms with Gasteiger partial charge in [0.25, 0.3) is 0 Å². The van der Waals surface area contributed by atoms with Gasteiger partial charge in [-0.1, -0.05) is 256 Å². The summed E-state index contributed by atoms with van der Waals surface area (Å²) in [6, 6.07) is 85.2. The van der Waals surface area contributed by atoms with Crippen LogP contribution in [-0.2, 0) is 46.6 Å². The predicted octanol–water partition coefficient (Wildman–Crippen LogP) is 26.1. The van der Waals surface area contributed by atoms with Crippen molar-refractivity contribution in [1.29, 1.82) is 0 Å². The van der Waals surface area contributed by atoms with Gasteiger partial charge in [0.15, 0.2) is 0 Å². The van der Waals surface area contributed by atoms with Crippen LogP contribution in [0.15, 0.2) is 255 Å². The molecule has 0 fully saturated rings. The van der Waals surface area contributed by atoms with Crippen LogP contribution >= 0.6 is 0 Å². The second kappa shape index (κ2) is 40.6. The largest absolute Gasteiger partial charge is 0.748 e. The van der Waals surface area contributed by atoms with Gasteiger partial charge in [-0.15, -0.1) is 0 Å². The normalized spacial score (nSPS) is 13.5. The Morgan fingerprint density at radius 2 is 0.484 bits per heavy atom. The van der Waals surface area contributed by atoms with Crippen LogP contribution in [0.3, 0.4) is 0 Å². The van der Waals surface area contributed by atoms with Crippen LogP contribution in [0.4, 0.5) is 8.78 Å². The second-order valence-electron chi connectivity index (χ2n) is 33.2. The minimum absolute atomic E-state index is 0.220. The summed E-state index contributed by atoms with van der Waals surface area (Å²) in [5.41, 5.74) is 26.1. The molecule has 0 bridgehead atoms. The fourth-order valence-corrected chi connectivity index (χ4v) is 21.0. The van der Waals surface area contributed by atoms with Crippen molar-refractivity contribution in [1.82, 2.24) is 0 Å². The van der Waals surface area contributed by atoms with Crippen molar-refractivity contribution in [3.8, 4) is 123 Å². The van der Waals surface area contributed by atoms with E-state index < -0.39 is 35.8 Å². The number of ether oxygens (including phenoxy) is 4. The van der Waals surface area contributed by atoms with Crippen molar-refractivity contribution in [2.75, 3.05) is 45.7 Å². The number of benzene rings is 12. The molecule has 0 amide bonds. The summed E-state index contributed by atoms with van der Waals surface area (Å²) in [6.07, 6.45) is 17.6. The topological polar surface area (TPSA) is 209 Å². The van der Waals surface area contributed by atoms with Gasteiger partial charge in [0.1, 0.15) is 34.6 Å². The summed E-state index contributed by atoms with van der Waals surface area (Å²) in [4.78, 5) is 0. The van der Waals surface area contributed by atoms with E-state index in [1.54, 1.807) is 52.7 Å². The van der Waals surface area contributed by atoms with Gasteiger partial charge < -0.3 is 32.6 Å². The highest BCUT2D eigenvalue weighted by atomic mass is 32.2. The van der Waals surface area contributed by atoms with E-state index in [-0.39, 0.29) is 39.7 Å². The van der Waals surface area contributed by atoms with Crippen molar-refractivity contribution < 1.29 is 66.6 Å². The molecule has 0 unspecified atom stereocenters. The first-order valence-corrected chi connectivity index (χ1v) is 48.3. The molecule has 0 spiro atoms. The molecule has 0 aliphatic heterocycles. The molecule has 0 atom stereocenters. The SMILES string of the molecule is CCCCCC1(CCCCS(=O)(=O)[O-])c2cc(-c3cc(OC)ccc3OC)ccc2-c2ccc(-c3cc(OC)ccc3OC)cc21.CCCCCC1(CCCCS(=O)(=O)[O-])c2cc(-c3ccc(F)cc3)ccc2-c2ccc(-c3ccc(F)cc3)cc21.CCCCCC1(CCCCS(=O)(=O)[O-])c2cc(-c3ccccc3)ccc2-c2ccc(-c3ccccc3)cc21. The summed E-state index contributed by atoms with van der Waals surface area (Å²) in [5, 5.41) is 0. The van der Waals surface area contributed by atoms with Crippen molar-refractivity contribution in [2.24, 2.45) is 0 Å². The van der Waals surface area contributed by atoms with E-state index >= 15 is 0 Å². The third-order valence-corrected chi connectivity index (χ3v) is 27.8. The first-order chi connectivity index (χ1) is 59.8. The molecule has 0 aromatic heterocycles. The fraction of sp³-hybridized carbons (Fsp3) is 0.321. The second-order valence-corrected chi connectivity index (χ2v) is 37.8. The molecule has 3 aliphatic rings. The van der Waals surface area contributed by atoms with Crippen molar-refractivity contribution >= 4 is 30.4 Å². The zero-order valence-electron chi connectivity index (χ0n) is 72.0. The molecule has 0 saturated heterocycles. The molecule has 0 N–H and O–H groups in total. The fourth-order valence-electron chi connectivity index (χ4n) is 19.3. The highest BCUT2D eigenvalue weighted by Gasteiger charge is 2.46. The average Bonchev–Trinajstić information content (AvgIpc) is 1.57. The molecule has 0 radical (unpaired) electrons.